The molecule has 2 rings (SSSR count). The molecule has 130 valence electrons. The number of thiocarbonyl (C=S) groups is 1. The molecule has 0 radical (unpaired) electrons. The van der Waals surface area contributed by atoms with Gasteiger partial charge in [0.15, 0.2) is 0 Å². The molecule has 1 saturated heterocycles. The molecule has 1 aromatic rings. The van der Waals surface area contributed by atoms with E-state index in [1.165, 1.54) is 11.8 Å². The molecular weight excluding hydrogens is 360 g/mol. The first kappa shape index (κ1) is 19.1. The Morgan fingerprint density at radius 3 is 2.48 bits per heavy atom. The Balaban J connectivity index is 1.91. The van der Waals surface area contributed by atoms with Gasteiger partial charge in [-0.25, -0.2) is 4.79 Å². The second-order valence-corrected chi connectivity index (χ2v) is 7.82. The van der Waals surface area contributed by atoms with Crippen LogP contribution >= 0.6 is 24.0 Å². The molecule has 2 amide bonds. The number of carbonyl (C=O) groups excluding carboxylic acids is 3. The molecule has 25 heavy (non-hydrogen) atoms. The first-order valence-electron chi connectivity index (χ1n) is 7.61. The van der Waals surface area contributed by atoms with E-state index in [4.69, 9.17) is 17.1 Å². The van der Waals surface area contributed by atoms with E-state index >= 15 is 0 Å². The molecule has 1 aromatic carbocycles. The molecule has 1 aliphatic heterocycles. The normalized spacial score (nSPS) is 16.2. The van der Waals surface area contributed by atoms with Gasteiger partial charge in [-0.2, -0.15) is 5.26 Å². The lowest BCUT2D eigenvalue weighted by molar-refractivity contribution is -0.197. The average molecular weight is 376 g/mol. The highest BCUT2D eigenvalue weighted by Crippen LogP contribution is 2.33. The number of nitriles is 1. The van der Waals surface area contributed by atoms with Crippen LogP contribution in [0.5, 0.6) is 0 Å². The predicted octanol–water partition coefficient (Wildman–Crippen LogP) is 2.76. The lowest BCUT2D eigenvalue weighted by Crippen LogP contribution is -2.32. The zero-order valence-corrected chi connectivity index (χ0v) is 15.2. The summed E-state index contributed by atoms with van der Waals surface area (Å²) in [5, 5.41) is 9.97. The number of hydrogen-bond acceptors (Lipinski definition) is 7. The number of hydroxylamine groups is 2. The molecule has 1 unspecified atom stereocenters. The van der Waals surface area contributed by atoms with Crippen molar-refractivity contribution in [3.05, 3.63) is 35.9 Å². The maximum absolute atomic E-state index is 11.9. The van der Waals surface area contributed by atoms with Gasteiger partial charge in [0.05, 0.1) is 16.7 Å². The maximum Gasteiger partial charge on any atom is 0.333 e. The lowest BCUT2D eigenvalue weighted by atomic mass is 10.1. The van der Waals surface area contributed by atoms with Crippen LogP contribution in [0.2, 0.25) is 0 Å². The van der Waals surface area contributed by atoms with Crippen molar-refractivity contribution in [1.82, 2.24) is 5.06 Å². The summed E-state index contributed by atoms with van der Waals surface area (Å²) < 4.78 is -0.367. The molecular formula is C17H16N2O4S2. The van der Waals surface area contributed by atoms with Crippen LogP contribution in [-0.2, 0) is 19.2 Å². The third kappa shape index (κ3) is 5.11. The Morgan fingerprint density at radius 2 is 1.92 bits per heavy atom. The highest BCUT2D eigenvalue weighted by atomic mass is 32.2. The number of benzene rings is 1. The van der Waals surface area contributed by atoms with Gasteiger partial charge in [-0.15, -0.1) is 5.06 Å². The van der Waals surface area contributed by atoms with Crippen molar-refractivity contribution in [3.63, 3.8) is 0 Å². The minimum Gasteiger partial charge on any atom is -0.330 e. The molecule has 0 spiro atoms. The van der Waals surface area contributed by atoms with Gasteiger partial charge in [0.2, 0.25) is 0 Å². The second-order valence-electron chi connectivity index (χ2n) is 5.64. The molecule has 0 aromatic heterocycles. The molecule has 8 heteroatoms. The smallest absolute Gasteiger partial charge is 0.330 e. The summed E-state index contributed by atoms with van der Waals surface area (Å²) in [6, 6.07) is 11.5. The molecule has 6 nitrogen and oxygen atoms in total. The highest BCUT2D eigenvalue weighted by Gasteiger charge is 2.34. The number of carbonyl (C=O) groups is 3. The van der Waals surface area contributed by atoms with Crippen molar-refractivity contribution >= 4 is 46.0 Å². The fraction of sp³-hybridized carbons (Fsp3) is 0.353. The van der Waals surface area contributed by atoms with Crippen LogP contribution in [-0.4, -0.2) is 31.8 Å². The summed E-state index contributed by atoms with van der Waals surface area (Å²) in [5.41, 5.74) is 0.833. The Hall–Kier alpha value is -2.24. The van der Waals surface area contributed by atoms with Gasteiger partial charge in [-0.3, -0.25) is 9.59 Å². The van der Waals surface area contributed by atoms with Gasteiger partial charge in [-0.1, -0.05) is 54.3 Å². The molecule has 1 aliphatic rings. The van der Waals surface area contributed by atoms with Crippen molar-refractivity contribution in [2.45, 2.75) is 37.4 Å². The quantitative estimate of drug-likeness (QED) is 0.557. The number of nitrogens with zero attached hydrogens (tertiary/aromatic N) is 2. The van der Waals surface area contributed by atoms with E-state index in [9.17, 15) is 19.6 Å². The Labute approximate surface area is 155 Å². The fourth-order valence-electron chi connectivity index (χ4n) is 2.11. The number of imide groups is 1. The van der Waals surface area contributed by atoms with Crippen LogP contribution in [0.3, 0.4) is 0 Å². The van der Waals surface area contributed by atoms with E-state index in [2.05, 4.69) is 6.07 Å². The summed E-state index contributed by atoms with van der Waals surface area (Å²) in [4.78, 5) is 39.6. The average Bonchev–Trinajstić information content (AvgIpc) is 2.92. The second kappa shape index (κ2) is 8.23. The van der Waals surface area contributed by atoms with E-state index < -0.39 is 22.5 Å². The van der Waals surface area contributed by atoms with Crippen molar-refractivity contribution < 1.29 is 19.2 Å². The summed E-state index contributed by atoms with van der Waals surface area (Å²) in [6.45, 7) is 1.69. The topological polar surface area (TPSA) is 87.5 Å². The van der Waals surface area contributed by atoms with Crippen LogP contribution in [0.25, 0.3) is 0 Å². The van der Waals surface area contributed by atoms with Crippen molar-refractivity contribution in [2.75, 3.05) is 0 Å². The van der Waals surface area contributed by atoms with Crippen molar-refractivity contribution in [1.29, 1.82) is 5.26 Å². The van der Waals surface area contributed by atoms with Gasteiger partial charge in [0.1, 0.15) is 4.75 Å². The Morgan fingerprint density at radius 1 is 1.32 bits per heavy atom. The molecule has 0 saturated carbocycles. The minimum atomic E-state index is -0.926. The van der Waals surface area contributed by atoms with Gasteiger partial charge in [-0.05, 0) is 18.9 Å². The summed E-state index contributed by atoms with van der Waals surface area (Å²) >= 11 is 6.56. The van der Waals surface area contributed by atoms with E-state index in [-0.39, 0.29) is 25.7 Å². The molecule has 1 heterocycles. The van der Waals surface area contributed by atoms with E-state index in [0.717, 1.165) is 5.56 Å². The number of thioether (sulfide) groups is 1. The van der Waals surface area contributed by atoms with Gasteiger partial charge in [0.25, 0.3) is 11.8 Å². The Kier molecular flexibility index (Phi) is 6.28. The van der Waals surface area contributed by atoms with Gasteiger partial charge >= 0.3 is 5.97 Å². The van der Waals surface area contributed by atoms with E-state index in [1.54, 1.807) is 6.92 Å². The molecule has 0 bridgehead atoms. The fourth-order valence-corrected chi connectivity index (χ4v) is 3.71. The van der Waals surface area contributed by atoms with Gasteiger partial charge in [0, 0.05) is 12.8 Å². The first-order chi connectivity index (χ1) is 11.8. The number of amides is 2. The van der Waals surface area contributed by atoms with E-state index in [1.807, 2.05) is 30.3 Å². The third-order valence-electron chi connectivity index (χ3n) is 3.57. The number of rotatable bonds is 6. The largest absolute Gasteiger partial charge is 0.333 e. The summed E-state index contributed by atoms with van der Waals surface area (Å²) in [5.74, 6) is -1.78. The third-order valence-corrected chi connectivity index (χ3v) is 5.22. The molecule has 0 aliphatic carbocycles. The molecule has 0 N–H and O–H groups in total. The van der Waals surface area contributed by atoms with Crippen LogP contribution in [0, 0.1) is 11.3 Å². The summed E-state index contributed by atoms with van der Waals surface area (Å²) in [6.07, 6.45) is 0.161. The zero-order chi connectivity index (χ0) is 18.4. The highest BCUT2D eigenvalue weighted by molar-refractivity contribution is 8.24. The van der Waals surface area contributed by atoms with E-state index in [0.29, 0.717) is 9.26 Å². The SMILES string of the molecule is CC(C#N)(CCC(=O)ON1C(=O)CCC1=O)SC(=S)c1ccccc1. The maximum atomic E-state index is 11.9. The van der Waals surface area contributed by atoms with Gasteiger partial charge < -0.3 is 4.84 Å². The first-order valence-corrected chi connectivity index (χ1v) is 8.83. The molecule has 1 atom stereocenters. The van der Waals surface area contributed by atoms with Crippen LogP contribution < -0.4 is 0 Å². The number of hydrogen-bond donors (Lipinski definition) is 0. The minimum absolute atomic E-state index is 0.0449. The van der Waals surface area contributed by atoms with Crippen molar-refractivity contribution in [2.24, 2.45) is 0 Å². The Bertz CT molecular complexity index is 729. The van der Waals surface area contributed by atoms with Crippen molar-refractivity contribution in [3.8, 4) is 6.07 Å². The summed E-state index contributed by atoms with van der Waals surface area (Å²) in [7, 11) is 0. The van der Waals surface area contributed by atoms with Crippen LogP contribution in [0.1, 0.15) is 38.2 Å². The monoisotopic (exact) mass is 376 g/mol. The lowest BCUT2D eigenvalue weighted by Gasteiger charge is -2.21. The van der Waals surface area contributed by atoms with Crippen LogP contribution in [0.4, 0.5) is 0 Å². The standard InChI is InChI=1S/C17H16N2O4S2/c1-17(11-18,25-16(24)12-5-3-2-4-6-12)10-9-15(22)23-19-13(20)7-8-14(19)21/h2-6H,7-10H2,1H3. The zero-order valence-electron chi connectivity index (χ0n) is 13.6. The van der Waals surface area contributed by atoms with Crippen LogP contribution in [0.15, 0.2) is 30.3 Å². The molecule has 1 fully saturated rings. The predicted molar refractivity (Wildman–Crippen MR) is 96.2 cm³/mol.